The van der Waals surface area contributed by atoms with Crippen molar-refractivity contribution >= 4 is 0 Å². The quantitative estimate of drug-likeness (QED) is 0.608. The molecule has 3 nitrogen and oxygen atoms in total. The molecule has 17 heavy (non-hydrogen) atoms. The van der Waals surface area contributed by atoms with Gasteiger partial charge in [-0.1, -0.05) is 24.0 Å². The summed E-state index contributed by atoms with van der Waals surface area (Å²) in [5.41, 5.74) is 2.62. The summed E-state index contributed by atoms with van der Waals surface area (Å²) in [6.45, 7) is 7.32. The Bertz CT molecular complexity index is 437. The Kier molecular flexibility index (Phi) is 3.38. The van der Waals surface area contributed by atoms with Gasteiger partial charge in [-0.3, -0.25) is 4.57 Å². The average molecular weight is 232 g/mol. The Morgan fingerprint density at radius 2 is 2.00 bits per heavy atom. The number of allylic oxidation sites excluding steroid dienone is 4. The van der Waals surface area contributed by atoms with Crippen LogP contribution in [0.3, 0.4) is 0 Å². The van der Waals surface area contributed by atoms with Crippen LogP contribution in [0.25, 0.3) is 0 Å². The fraction of sp³-hybridized carbons (Fsp3) is 0.429. The minimum atomic E-state index is 0.171. The topological polar surface area (TPSA) is 28.0 Å². The fourth-order valence-electron chi connectivity index (χ4n) is 2.49. The van der Waals surface area contributed by atoms with Crippen molar-refractivity contribution in [1.29, 1.82) is 0 Å². The third-order valence-electron chi connectivity index (χ3n) is 3.08. The Morgan fingerprint density at radius 1 is 1.35 bits per heavy atom. The zero-order chi connectivity index (χ0) is 12.4. The van der Waals surface area contributed by atoms with Crippen molar-refractivity contribution in [3.05, 3.63) is 48.1 Å². The Hall–Kier alpha value is -1.48. The molecule has 1 aliphatic rings. The molecule has 92 valence electrons. The molecule has 0 saturated carbocycles. The first-order valence-corrected chi connectivity index (χ1v) is 6.04. The largest absolute Gasteiger partial charge is 0.390 e. The van der Waals surface area contributed by atoms with E-state index >= 15 is 0 Å². The zero-order valence-electron chi connectivity index (χ0n) is 10.7. The van der Waals surface area contributed by atoms with Gasteiger partial charge in [0.15, 0.2) is 0 Å². The van der Waals surface area contributed by atoms with E-state index in [2.05, 4.69) is 37.5 Å². The van der Waals surface area contributed by atoms with Crippen molar-refractivity contribution in [2.75, 3.05) is 6.61 Å². The highest BCUT2D eigenvalue weighted by molar-refractivity contribution is 5.38. The third-order valence-corrected chi connectivity index (χ3v) is 3.08. The van der Waals surface area contributed by atoms with Crippen molar-refractivity contribution in [1.82, 2.24) is 0 Å². The van der Waals surface area contributed by atoms with Gasteiger partial charge in [0.05, 0.1) is 19.0 Å². The number of aliphatic hydroxyl groups excluding tert-OH is 1. The van der Waals surface area contributed by atoms with Crippen LogP contribution in [-0.2, 0) is 6.54 Å². The van der Waals surface area contributed by atoms with Crippen molar-refractivity contribution < 1.29 is 14.2 Å². The van der Waals surface area contributed by atoms with E-state index in [1.165, 1.54) is 17.2 Å². The summed E-state index contributed by atoms with van der Waals surface area (Å²) in [4.78, 5) is 0. The fourth-order valence-corrected chi connectivity index (χ4v) is 2.49. The number of imidazole rings is 1. The van der Waals surface area contributed by atoms with Crippen LogP contribution in [0, 0.1) is 12.0 Å². The minimum Gasteiger partial charge on any atom is -0.390 e. The summed E-state index contributed by atoms with van der Waals surface area (Å²) < 4.78 is 4.12. The van der Waals surface area contributed by atoms with Crippen LogP contribution in [-0.4, -0.2) is 11.7 Å². The average Bonchev–Trinajstić information content (AvgIpc) is 2.65. The maximum Gasteiger partial charge on any atom is 0.257 e. The van der Waals surface area contributed by atoms with E-state index in [1.54, 1.807) is 0 Å². The van der Waals surface area contributed by atoms with Crippen LogP contribution < -0.4 is 9.13 Å². The second kappa shape index (κ2) is 4.80. The molecule has 0 amide bonds. The number of aliphatic hydroxyl groups is 1. The van der Waals surface area contributed by atoms with E-state index in [0.29, 0.717) is 12.5 Å². The van der Waals surface area contributed by atoms with Crippen LogP contribution in [0.4, 0.5) is 0 Å². The van der Waals surface area contributed by atoms with Crippen LogP contribution in [0.15, 0.2) is 42.0 Å². The van der Waals surface area contributed by atoms with Gasteiger partial charge in [-0.05, 0) is 13.8 Å². The van der Waals surface area contributed by atoms with Gasteiger partial charge < -0.3 is 9.67 Å². The first-order chi connectivity index (χ1) is 8.11. The summed E-state index contributed by atoms with van der Waals surface area (Å²) in [6.07, 6.45) is 10.6. The highest BCUT2D eigenvalue weighted by atomic mass is 16.3. The molecule has 0 aliphatic heterocycles. The highest BCUT2D eigenvalue weighted by Crippen LogP contribution is 2.26. The normalized spacial score (nSPS) is 17.1. The van der Waals surface area contributed by atoms with Crippen LogP contribution in [0.5, 0.6) is 0 Å². The zero-order valence-corrected chi connectivity index (χ0v) is 10.7. The van der Waals surface area contributed by atoms with Gasteiger partial charge in [0.25, 0.3) is 6.33 Å². The lowest BCUT2D eigenvalue weighted by molar-refractivity contribution is -0.775. The van der Waals surface area contributed by atoms with Gasteiger partial charge in [-0.25, -0.2) is 0 Å². The van der Waals surface area contributed by atoms with Crippen molar-refractivity contribution in [3.8, 4) is 0 Å². The van der Waals surface area contributed by atoms with Gasteiger partial charge in [0.2, 0.25) is 0 Å². The molecule has 1 aliphatic carbocycles. The smallest absolute Gasteiger partial charge is 0.257 e. The van der Waals surface area contributed by atoms with Gasteiger partial charge in [-0.15, -0.1) is 12.2 Å². The molecule has 0 atom stereocenters. The summed E-state index contributed by atoms with van der Waals surface area (Å²) in [5.74, 6) is 0.513. The molecule has 1 heterocycles. The van der Waals surface area contributed by atoms with Crippen LogP contribution in [0.1, 0.15) is 20.8 Å². The lowest BCUT2D eigenvalue weighted by Gasteiger charge is -2.24. The van der Waals surface area contributed by atoms with Gasteiger partial charge in [-0.2, -0.15) is 0 Å². The molecule has 0 bridgehead atoms. The number of hydrogen-bond acceptors (Lipinski definition) is 1. The molecule has 1 aromatic rings. The van der Waals surface area contributed by atoms with E-state index < -0.39 is 0 Å². The standard InChI is InChI=1S/C14H20N2O/c1-11-8-12(2)14(13(3)9-11)16-5-4-15(10-16)6-7-17/h4-5,8-11,17H,6-7H2,1-3H3. The van der Waals surface area contributed by atoms with Gasteiger partial charge >= 0.3 is 0 Å². The van der Waals surface area contributed by atoms with E-state index in [0.717, 1.165) is 0 Å². The Labute approximate surface area is 103 Å². The Balaban J connectivity index is 2.26. The number of aromatic nitrogens is 2. The van der Waals surface area contributed by atoms with Crippen LogP contribution in [0.2, 0.25) is 0 Å². The second-order valence-electron chi connectivity index (χ2n) is 4.69. The summed E-state index contributed by atoms with van der Waals surface area (Å²) >= 11 is 0. The molecular formula is C14H20N2O. The van der Waals surface area contributed by atoms with E-state index in [1.807, 2.05) is 23.3 Å². The van der Waals surface area contributed by atoms with E-state index in [-0.39, 0.29) is 6.61 Å². The molecule has 0 aromatic carbocycles. The molecule has 0 fully saturated rings. The van der Waals surface area contributed by atoms with Gasteiger partial charge in [0, 0.05) is 0 Å². The van der Waals surface area contributed by atoms with Crippen molar-refractivity contribution in [2.24, 2.45) is 5.92 Å². The van der Waals surface area contributed by atoms with E-state index in [4.69, 9.17) is 5.11 Å². The molecule has 2 rings (SSSR count). The van der Waals surface area contributed by atoms with Gasteiger partial charge in [0.1, 0.15) is 12.6 Å². The summed E-state index contributed by atoms with van der Waals surface area (Å²) in [5, 5.41) is 8.92. The predicted octanol–water partition coefficient (Wildman–Crippen LogP) is 0.895. The molecule has 0 spiro atoms. The summed E-state index contributed by atoms with van der Waals surface area (Å²) in [7, 11) is 0. The molecule has 0 radical (unpaired) electrons. The molecule has 0 unspecified atom stereocenters. The minimum absolute atomic E-state index is 0.171. The lowest BCUT2D eigenvalue weighted by atomic mass is 9.89. The first kappa shape index (κ1) is 12.0. The number of nitrogens with zero attached hydrogens (tertiary/aromatic N) is 2. The van der Waals surface area contributed by atoms with Crippen molar-refractivity contribution in [2.45, 2.75) is 27.3 Å². The second-order valence-corrected chi connectivity index (χ2v) is 4.69. The van der Waals surface area contributed by atoms with E-state index in [9.17, 15) is 0 Å². The number of rotatable bonds is 3. The Morgan fingerprint density at radius 3 is 2.59 bits per heavy atom. The molecule has 1 aromatic heterocycles. The monoisotopic (exact) mass is 232 g/mol. The molecule has 0 saturated heterocycles. The molecular weight excluding hydrogens is 212 g/mol. The van der Waals surface area contributed by atoms with Crippen LogP contribution >= 0.6 is 0 Å². The highest BCUT2D eigenvalue weighted by Gasteiger charge is 2.21. The van der Waals surface area contributed by atoms with Crippen molar-refractivity contribution in [3.63, 3.8) is 0 Å². The maximum absolute atomic E-state index is 8.92. The maximum atomic E-state index is 8.92. The molecule has 1 N–H and O–H groups in total. The SMILES string of the molecule is CC1=CC(C)C=C(C)[C-]1[n+]1c[cH-][n+](CCO)c1. The molecule has 3 heteroatoms. The number of hydrogen-bond donors (Lipinski definition) is 1. The summed E-state index contributed by atoms with van der Waals surface area (Å²) in [6, 6.07) is 1.25. The first-order valence-electron chi connectivity index (χ1n) is 6.04. The lowest BCUT2D eigenvalue weighted by Crippen LogP contribution is -2.45. The third kappa shape index (κ3) is 2.44. The predicted molar refractivity (Wildman–Crippen MR) is 64.8 cm³/mol.